The summed E-state index contributed by atoms with van der Waals surface area (Å²) in [5.41, 5.74) is 8.15. The van der Waals surface area contributed by atoms with Gasteiger partial charge in [-0.1, -0.05) is 0 Å². The van der Waals surface area contributed by atoms with Gasteiger partial charge >= 0.3 is 0 Å². The van der Waals surface area contributed by atoms with E-state index in [-0.39, 0.29) is 11.8 Å². The summed E-state index contributed by atoms with van der Waals surface area (Å²) in [7, 11) is 0. The molecule has 9 heteroatoms. The number of anilines is 2. The molecule has 0 spiro atoms. The second-order valence-corrected chi connectivity index (χ2v) is 7.21. The van der Waals surface area contributed by atoms with Gasteiger partial charge in [-0.3, -0.25) is 19.7 Å². The molecule has 3 aromatic rings. The highest BCUT2D eigenvalue weighted by Gasteiger charge is 2.21. The Morgan fingerprint density at radius 3 is 2.68 bits per heavy atom. The van der Waals surface area contributed by atoms with E-state index in [9.17, 15) is 14.4 Å². The van der Waals surface area contributed by atoms with Gasteiger partial charge in [0.1, 0.15) is 5.69 Å². The molecule has 2 aromatic heterocycles. The fourth-order valence-corrected chi connectivity index (χ4v) is 3.75. The molecule has 142 valence electrons. The molecule has 28 heavy (non-hydrogen) atoms. The first-order chi connectivity index (χ1) is 13.5. The molecule has 4 N–H and O–H groups in total. The van der Waals surface area contributed by atoms with Crippen LogP contribution in [-0.2, 0) is 4.79 Å². The van der Waals surface area contributed by atoms with Crippen LogP contribution in [0.2, 0.25) is 0 Å². The van der Waals surface area contributed by atoms with Crippen molar-refractivity contribution < 1.29 is 14.4 Å². The Balaban J connectivity index is 1.44. The average Bonchev–Trinajstić information content (AvgIpc) is 3.42. The molecule has 0 unspecified atom stereocenters. The maximum atomic E-state index is 12.5. The zero-order valence-electron chi connectivity index (χ0n) is 14.8. The molecule has 1 saturated heterocycles. The van der Waals surface area contributed by atoms with Gasteiger partial charge < -0.3 is 15.6 Å². The Morgan fingerprint density at radius 1 is 1.25 bits per heavy atom. The fraction of sp³-hybridized carbons (Fsp3) is 0.158. The molecule has 0 saturated carbocycles. The van der Waals surface area contributed by atoms with Crippen LogP contribution < -0.4 is 16.0 Å². The number of primary amides is 1. The average molecular weight is 395 g/mol. The second-order valence-electron chi connectivity index (χ2n) is 6.35. The van der Waals surface area contributed by atoms with Gasteiger partial charge in [-0.2, -0.15) is 0 Å². The van der Waals surface area contributed by atoms with E-state index in [1.165, 1.54) is 11.3 Å². The fourth-order valence-electron chi connectivity index (χ4n) is 3.03. The molecule has 8 nitrogen and oxygen atoms in total. The van der Waals surface area contributed by atoms with Crippen molar-refractivity contribution in [3.63, 3.8) is 0 Å². The molecule has 1 aliphatic heterocycles. The third-order valence-electron chi connectivity index (χ3n) is 4.48. The number of carbonyl (C=O) groups is 3. The van der Waals surface area contributed by atoms with Crippen molar-refractivity contribution in [3.8, 4) is 11.3 Å². The maximum Gasteiger partial charge on any atom is 0.265 e. The van der Waals surface area contributed by atoms with Gasteiger partial charge in [0.15, 0.2) is 5.13 Å². The summed E-state index contributed by atoms with van der Waals surface area (Å²) < 4.78 is 0. The Bertz CT molecular complexity index is 1050. The second kappa shape index (κ2) is 7.28. The third-order valence-corrected chi connectivity index (χ3v) is 5.24. The Morgan fingerprint density at radius 2 is 2.04 bits per heavy atom. The predicted octanol–water partition coefficient (Wildman–Crippen LogP) is 2.62. The van der Waals surface area contributed by atoms with Crippen LogP contribution in [0.3, 0.4) is 0 Å². The number of amides is 3. The van der Waals surface area contributed by atoms with Crippen LogP contribution in [-0.4, -0.2) is 34.2 Å². The lowest BCUT2D eigenvalue weighted by Crippen LogP contribution is -2.23. The van der Waals surface area contributed by atoms with E-state index < -0.39 is 5.91 Å². The molecule has 3 amide bonds. The first-order valence-electron chi connectivity index (χ1n) is 8.67. The summed E-state index contributed by atoms with van der Waals surface area (Å²) in [5.74, 6) is -0.724. The van der Waals surface area contributed by atoms with Gasteiger partial charge in [-0.25, -0.2) is 4.98 Å². The van der Waals surface area contributed by atoms with Crippen molar-refractivity contribution in [1.82, 2.24) is 9.97 Å². The summed E-state index contributed by atoms with van der Waals surface area (Å²) in [5, 5.41) is 4.99. The van der Waals surface area contributed by atoms with E-state index in [0.29, 0.717) is 40.6 Å². The summed E-state index contributed by atoms with van der Waals surface area (Å²) in [6.45, 7) is 0.711. The number of benzene rings is 1. The van der Waals surface area contributed by atoms with Crippen LogP contribution in [0.15, 0.2) is 41.9 Å². The minimum Gasteiger partial charge on any atom is -0.364 e. The zero-order chi connectivity index (χ0) is 19.7. The lowest BCUT2D eigenvalue weighted by molar-refractivity contribution is -0.117. The van der Waals surface area contributed by atoms with Crippen LogP contribution in [0.4, 0.5) is 10.8 Å². The van der Waals surface area contributed by atoms with Gasteiger partial charge in [0.05, 0.1) is 5.69 Å². The monoisotopic (exact) mass is 395 g/mol. The number of hydrogen-bond acceptors (Lipinski definition) is 5. The summed E-state index contributed by atoms with van der Waals surface area (Å²) >= 11 is 1.28. The highest BCUT2D eigenvalue weighted by molar-refractivity contribution is 7.14. The van der Waals surface area contributed by atoms with E-state index in [1.54, 1.807) is 46.8 Å². The van der Waals surface area contributed by atoms with Crippen molar-refractivity contribution >= 4 is 39.9 Å². The molecule has 1 fully saturated rings. The predicted molar refractivity (Wildman–Crippen MR) is 106 cm³/mol. The number of H-pyrrole nitrogens is 1. The molecule has 1 aromatic carbocycles. The van der Waals surface area contributed by atoms with Gasteiger partial charge in [-0.05, 0) is 36.8 Å². The topological polar surface area (TPSA) is 121 Å². The van der Waals surface area contributed by atoms with Crippen molar-refractivity contribution in [3.05, 3.63) is 53.2 Å². The molecule has 0 bridgehead atoms. The standard InChI is InChI=1S/C19H17N5O3S/c20-17(26)14-8-12(9-21-14)15-10-28-19(22-15)23-18(27)11-3-5-13(6-4-11)24-7-1-2-16(24)25/h3-6,8-10,21H,1-2,7H2,(H2,20,26)(H,22,23,27). The molecule has 1 aliphatic rings. The van der Waals surface area contributed by atoms with Gasteiger partial charge in [0.25, 0.3) is 11.8 Å². The lowest BCUT2D eigenvalue weighted by Gasteiger charge is -2.15. The number of rotatable bonds is 5. The van der Waals surface area contributed by atoms with E-state index in [0.717, 1.165) is 12.1 Å². The van der Waals surface area contributed by atoms with E-state index in [4.69, 9.17) is 5.73 Å². The number of aromatic amines is 1. The number of thiazole rings is 1. The van der Waals surface area contributed by atoms with Crippen LogP contribution in [0.5, 0.6) is 0 Å². The van der Waals surface area contributed by atoms with E-state index in [2.05, 4.69) is 15.3 Å². The normalized spacial score (nSPS) is 13.7. The van der Waals surface area contributed by atoms with Crippen molar-refractivity contribution in [2.24, 2.45) is 5.73 Å². The minimum absolute atomic E-state index is 0.108. The van der Waals surface area contributed by atoms with E-state index >= 15 is 0 Å². The highest BCUT2D eigenvalue weighted by Crippen LogP contribution is 2.26. The first kappa shape index (κ1) is 17.9. The van der Waals surface area contributed by atoms with Crippen LogP contribution in [0.1, 0.15) is 33.7 Å². The Hall–Kier alpha value is -3.46. The number of aromatic nitrogens is 2. The number of carbonyl (C=O) groups excluding carboxylic acids is 3. The highest BCUT2D eigenvalue weighted by atomic mass is 32.1. The number of nitrogens with zero attached hydrogens (tertiary/aromatic N) is 2. The number of nitrogens with one attached hydrogen (secondary N) is 2. The zero-order valence-corrected chi connectivity index (χ0v) is 15.6. The van der Waals surface area contributed by atoms with Gasteiger partial charge in [0, 0.05) is 41.4 Å². The molecular weight excluding hydrogens is 378 g/mol. The molecule has 3 heterocycles. The van der Waals surface area contributed by atoms with Crippen molar-refractivity contribution in [2.45, 2.75) is 12.8 Å². The SMILES string of the molecule is NC(=O)c1cc(-c2csc(NC(=O)c3ccc(N4CCCC4=O)cc3)n2)c[nH]1. The maximum absolute atomic E-state index is 12.5. The lowest BCUT2D eigenvalue weighted by atomic mass is 10.2. The molecular formula is C19H17N5O3S. The van der Waals surface area contributed by atoms with Crippen LogP contribution in [0, 0.1) is 0 Å². The van der Waals surface area contributed by atoms with Crippen molar-refractivity contribution in [1.29, 1.82) is 0 Å². The van der Waals surface area contributed by atoms with Crippen LogP contribution in [0.25, 0.3) is 11.3 Å². The number of nitrogens with two attached hydrogens (primary N) is 1. The quantitative estimate of drug-likeness (QED) is 0.615. The largest absolute Gasteiger partial charge is 0.364 e. The summed E-state index contributed by atoms with van der Waals surface area (Å²) in [4.78, 5) is 44.3. The molecule has 0 radical (unpaired) electrons. The minimum atomic E-state index is -0.547. The molecule has 4 rings (SSSR count). The van der Waals surface area contributed by atoms with Gasteiger partial charge in [0.2, 0.25) is 5.91 Å². The van der Waals surface area contributed by atoms with Crippen molar-refractivity contribution in [2.75, 3.05) is 16.8 Å². The summed E-state index contributed by atoms with van der Waals surface area (Å²) in [6, 6.07) is 8.54. The third kappa shape index (κ3) is 3.52. The van der Waals surface area contributed by atoms with Crippen LogP contribution >= 0.6 is 11.3 Å². The van der Waals surface area contributed by atoms with Gasteiger partial charge in [-0.15, -0.1) is 11.3 Å². The molecule has 0 atom stereocenters. The summed E-state index contributed by atoms with van der Waals surface area (Å²) in [6.07, 6.45) is 3.06. The number of hydrogen-bond donors (Lipinski definition) is 3. The Kier molecular flexibility index (Phi) is 4.66. The van der Waals surface area contributed by atoms with E-state index in [1.807, 2.05) is 0 Å². The first-order valence-corrected chi connectivity index (χ1v) is 9.55. The Labute approximate surface area is 164 Å². The molecule has 0 aliphatic carbocycles. The smallest absolute Gasteiger partial charge is 0.265 e.